The van der Waals surface area contributed by atoms with Crippen LogP contribution < -0.4 is 5.32 Å². The number of aryl methyl sites for hydroxylation is 1. The molecular formula is C14H18ClN3O. The van der Waals surface area contributed by atoms with Crippen LogP contribution in [0, 0.1) is 6.92 Å². The molecule has 1 aromatic carbocycles. The number of piperazine rings is 1. The molecule has 0 spiro atoms. The minimum atomic E-state index is 0.142. The van der Waals surface area contributed by atoms with Crippen molar-refractivity contribution >= 4 is 17.6 Å². The number of halogens is 1. The molecular weight excluding hydrogens is 262 g/mol. The zero-order chi connectivity index (χ0) is 13.4. The average molecular weight is 280 g/mol. The Labute approximate surface area is 118 Å². The number of rotatable bonds is 2. The van der Waals surface area contributed by atoms with E-state index in [-0.39, 0.29) is 6.03 Å². The van der Waals surface area contributed by atoms with Gasteiger partial charge in [-0.1, -0.05) is 23.7 Å². The van der Waals surface area contributed by atoms with Gasteiger partial charge in [0.15, 0.2) is 0 Å². The van der Waals surface area contributed by atoms with Crippen LogP contribution in [0.4, 0.5) is 4.79 Å². The van der Waals surface area contributed by atoms with E-state index in [9.17, 15) is 4.79 Å². The van der Waals surface area contributed by atoms with E-state index in [2.05, 4.69) is 5.32 Å². The standard InChI is InChI=1S/C14H18ClN3O/c1-10-2-3-11(13(15)6-10)8-17-9-12-7-16-4-5-18(12)14(17)19/h2-3,6,12,16H,4-5,7-9H2,1H3. The molecule has 2 aliphatic heterocycles. The molecule has 5 heteroatoms. The lowest BCUT2D eigenvalue weighted by atomic mass is 10.1. The molecule has 19 heavy (non-hydrogen) atoms. The van der Waals surface area contributed by atoms with Gasteiger partial charge in [-0.05, 0) is 24.1 Å². The number of nitrogens with zero attached hydrogens (tertiary/aromatic N) is 2. The number of nitrogens with one attached hydrogen (secondary N) is 1. The Balaban J connectivity index is 1.75. The topological polar surface area (TPSA) is 35.6 Å². The zero-order valence-corrected chi connectivity index (χ0v) is 11.8. The quantitative estimate of drug-likeness (QED) is 0.897. The van der Waals surface area contributed by atoms with E-state index in [0.29, 0.717) is 12.6 Å². The fraction of sp³-hybridized carbons (Fsp3) is 0.500. The summed E-state index contributed by atoms with van der Waals surface area (Å²) in [4.78, 5) is 16.2. The molecule has 0 aromatic heterocycles. The van der Waals surface area contributed by atoms with Crippen LogP contribution in [-0.2, 0) is 6.54 Å². The van der Waals surface area contributed by atoms with Gasteiger partial charge in [-0.3, -0.25) is 0 Å². The Kier molecular flexibility index (Phi) is 3.37. The van der Waals surface area contributed by atoms with Crippen molar-refractivity contribution in [2.45, 2.75) is 19.5 Å². The fourth-order valence-electron chi connectivity index (χ4n) is 2.81. The van der Waals surface area contributed by atoms with Crippen molar-refractivity contribution in [3.8, 4) is 0 Å². The molecule has 2 amide bonds. The van der Waals surface area contributed by atoms with Gasteiger partial charge in [0, 0.05) is 37.7 Å². The molecule has 2 aliphatic rings. The molecule has 0 saturated carbocycles. The Morgan fingerprint density at radius 3 is 3.05 bits per heavy atom. The molecule has 2 heterocycles. The summed E-state index contributed by atoms with van der Waals surface area (Å²) in [5, 5.41) is 4.08. The lowest BCUT2D eigenvalue weighted by molar-refractivity contribution is 0.178. The summed E-state index contributed by atoms with van der Waals surface area (Å²) in [6.45, 7) is 6.00. The summed E-state index contributed by atoms with van der Waals surface area (Å²) in [5.41, 5.74) is 2.16. The van der Waals surface area contributed by atoms with Gasteiger partial charge in [-0.15, -0.1) is 0 Å². The minimum absolute atomic E-state index is 0.142. The van der Waals surface area contributed by atoms with Gasteiger partial charge in [0.1, 0.15) is 0 Å². The summed E-state index contributed by atoms with van der Waals surface area (Å²) in [7, 11) is 0. The molecule has 102 valence electrons. The van der Waals surface area contributed by atoms with E-state index >= 15 is 0 Å². The molecule has 0 aliphatic carbocycles. The summed E-state index contributed by atoms with van der Waals surface area (Å²) in [6.07, 6.45) is 0. The lowest BCUT2D eigenvalue weighted by Crippen LogP contribution is -2.49. The molecule has 1 aromatic rings. The van der Waals surface area contributed by atoms with Crippen molar-refractivity contribution < 1.29 is 4.79 Å². The summed E-state index contributed by atoms with van der Waals surface area (Å²) >= 11 is 6.24. The maximum absolute atomic E-state index is 12.3. The minimum Gasteiger partial charge on any atom is -0.318 e. The smallest absolute Gasteiger partial charge is 0.318 e. The Morgan fingerprint density at radius 1 is 1.47 bits per heavy atom. The van der Waals surface area contributed by atoms with Crippen LogP contribution >= 0.6 is 11.6 Å². The first kappa shape index (κ1) is 12.8. The maximum atomic E-state index is 12.3. The highest BCUT2D eigenvalue weighted by atomic mass is 35.5. The fourth-order valence-corrected chi connectivity index (χ4v) is 3.10. The molecule has 1 N–H and O–H groups in total. The monoisotopic (exact) mass is 279 g/mol. The van der Waals surface area contributed by atoms with Gasteiger partial charge in [-0.25, -0.2) is 4.79 Å². The number of fused-ring (bicyclic) bond motifs is 1. The van der Waals surface area contributed by atoms with Crippen molar-refractivity contribution in [1.82, 2.24) is 15.1 Å². The van der Waals surface area contributed by atoms with Crippen molar-refractivity contribution in [2.75, 3.05) is 26.2 Å². The van der Waals surface area contributed by atoms with Crippen LogP contribution in [-0.4, -0.2) is 48.1 Å². The Morgan fingerprint density at radius 2 is 2.32 bits per heavy atom. The van der Waals surface area contributed by atoms with Gasteiger partial charge in [0.05, 0.1) is 6.04 Å². The second-order valence-corrected chi connectivity index (χ2v) is 5.72. The van der Waals surface area contributed by atoms with Gasteiger partial charge >= 0.3 is 6.03 Å². The van der Waals surface area contributed by atoms with Gasteiger partial charge in [0.25, 0.3) is 0 Å². The molecule has 3 rings (SSSR count). The van der Waals surface area contributed by atoms with Crippen LogP contribution in [0.25, 0.3) is 0 Å². The predicted octanol–water partition coefficient (Wildman–Crippen LogP) is 1.86. The third-order valence-corrected chi connectivity index (χ3v) is 4.22. The highest BCUT2D eigenvalue weighted by Crippen LogP contribution is 2.24. The SMILES string of the molecule is Cc1ccc(CN2CC3CNCCN3C2=O)c(Cl)c1. The van der Waals surface area contributed by atoms with Crippen LogP contribution in [0.1, 0.15) is 11.1 Å². The first-order valence-corrected chi connectivity index (χ1v) is 7.04. The summed E-state index contributed by atoms with van der Waals surface area (Å²) in [5.74, 6) is 0. The van der Waals surface area contributed by atoms with E-state index in [1.807, 2.05) is 34.9 Å². The first-order valence-electron chi connectivity index (χ1n) is 6.66. The molecule has 2 fully saturated rings. The first-order chi connectivity index (χ1) is 9.15. The molecule has 0 radical (unpaired) electrons. The van der Waals surface area contributed by atoms with E-state index in [4.69, 9.17) is 11.6 Å². The zero-order valence-electron chi connectivity index (χ0n) is 11.0. The van der Waals surface area contributed by atoms with Crippen LogP contribution in [0.15, 0.2) is 18.2 Å². The third-order valence-electron chi connectivity index (χ3n) is 3.87. The normalized spacial score (nSPS) is 22.8. The van der Waals surface area contributed by atoms with Crippen LogP contribution in [0.3, 0.4) is 0 Å². The van der Waals surface area contributed by atoms with Gasteiger partial charge in [-0.2, -0.15) is 0 Å². The molecule has 4 nitrogen and oxygen atoms in total. The second kappa shape index (κ2) is 5.02. The van der Waals surface area contributed by atoms with Crippen LogP contribution in [0.5, 0.6) is 0 Å². The number of amides is 2. The van der Waals surface area contributed by atoms with E-state index in [0.717, 1.165) is 42.3 Å². The van der Waals surface area contributed by atoms with Crippen molar-refractivity contribution in [2.24, 2.45) is 0 Å². The van der Waals surface area contributed by atoms with Crippen LogP contribution in [0.2, 0.25) is 5.02 Å². The summed E-state index contributed by atoms with van der Waals surface area (Å²) in [6, 6.07) is 6.46. The largest absolute Gasteiger partial charge is 0.320 e. The summed E-state index contributed by atoms with van der Waals surface area (Å²) < 4.78 is 0. The third kappa shape index (κ3) is 2.42. The predicted molar refractivity (Wildman–Crippen MR) is 75.4 cm³/mol. The molecule has 1 atom stereocenters. The number of benzene rings is 1. The van der Waals surface area contributed by atoms with Gasteiger partial charge in [0.2, 0.25) is 0 Å². The number of hydrogen-bond donors (Lipinski definition) is 1. The lowest BCUT2D eigenvalue weighted by Gasteiger charge is -2.28. The highest BCUT2D eigenvalue weighted by molar-refractivity contribution is 6.31. The average Bonchev–Trinajstić information content (AvgIpc) is 2.70. The van der Waals surface area contributed by atoms with Crippen molar-refractivity contribution in [3.63, 3.8) is 0 Å². The van der Waals surface area contributed by atoms with Gasteiger partial charge < -0.3 is 15.1 Å². The van der Waals surface area contributed by atoms with E-state index in [1.54, 1.807) is 0 Å². The van der Waals surface area contributed by atoms with Crippen molar-refractivity contribution in [1.29, 1.82) is 0 Å². The molecule has 0 bridgehead atoms. The number of hydrogen-bond acceptors (Lipinski definition) is 2. The Hall–Kier alpha value is -1.26. The van der Waals surface area contributed by atoms with E-state index in [1.165, 1.54) is 0 Å². The Bertz CT molecular complexity index is 505. The maximum Gasteiger partial charge on any atom is 0.320 e. The molecule has 1 unspecified atom stereocenters. The second-order valence-electron chi connectivity index (χ2n) is 5.31. The molecule has 2 saturated heterocycles. The number of carbonyl (C=O) groups is 1. The number of urea groups is 1. The van der Waals surface area contributed by atoms with Crippen molar-refractivity contribution in [3.05, 3.63) is 34.3 Å². The van der Waals surface area contributed by atoms with E-state index < -0.39 is 0 Å². The number of carbonyl (C=O) groups excluding carboxylic acids is 1. The highest BCUT2D eigenvalue weighted by Gasteiger charge is 2.38.